The van der Waals surface area contributed by atoms with Gasteiger partial charge in [-0.3, -0.25) is 4.98 Å². The molecular formula is C41H26N4. The van der Waals surface area contributed by atoms with Gasteiger partial charge in [-0.15, -0.1) is 0 Å². The molecular weight excluding hydrogens is 548 g/mol. The van der Waals surface area contributed by atoms with Crippen LogP contribution in [0.3, 0.4) is 0 Å². The largest absolute Gasteiger partial charge is 0.309 e. The maximum absolute atomic E-state index is 5.16. The van der Waals surface area contributed by atoms with Crippen molar-refractivity contribution in [2.75, 3.05) is 0 Å². The van der Waals surface area contributed by atoms with Gasteiger partial charge in [-0.2, -0.15) is 0 Å². The summed E-state index contributed by atoms with van der Waals surface area (Å²) < 4.78 is 7.20. The predicted octanol–water partition coefficient (Wildman–Crippen LogP) is 10.4. The van der Waals surface area contributed by atoms with Crippen LogP contribution in [0.15, 0.2) is 158 Å². The number of fused-ring (bicyclic) bond motifs is 10. The lowest BCUT2D eigenvalue weighted by atomic mass is 10.1. The molecule has 0 N–H and O–H groups in total. The number of hydrogen-bond acceptors (Lipinski definition) is 1. The first-order chi connectivity index (χ1) is 22.4. The fourth-order valence-corrected chi connectivity index (χ4v) is 7.40. The van der Waals surface area contributed by atoms with Gasteiger partial charge >= 0.3 is 0 Å². The van der Waals surface area contributed by atoms with E-state index in [1.54, 1.807) is 0 Å². The van der Waals surface area contributed by atoms with Crippen LogP contribution in [0.5, 0.6) is 0 Å². The Labute approximate surface area is 258 Å². The van der Waals surface area contributed by atoms with Crippen molar-refractivity contribution in [2.24, 2.45) is 0 Å². The lowest BCUT2D eigenvalue weighted by molar-refractivity contribution is 1.14. The van der Waals surface area contributed by atoms with E-state index in [-0.39, 0.29) is 0 Å². The molecule has 210 valence electrons. The Hall–Kier alpha value is -6.13. The molecule has 0 saturated carbocycles. The first-order valence-corrected chi connectivity index (χ1v) is 15.3. The SMILES string of the molecule is c1ccc(-n2c3ccccc3c3cc(-n4c5ccccc5c5ncc6c7ccccc7n(-c7ccccc7)c6c54)ccc32)cc1. The highest BCUT2D eigenvalue weighted by atomic mass is 15.1. The van der Waals surface area contributed by atoms with Crippen LogP contribution in [0.25, 0.3) is 82.6 Å². The third kappa shape index (κ3) is 3.34. The van der Waals surface area contributed by atoms with E-state index in [0.29, 0.717) is 0 Å². The molecule has 4 aromatic heterocycles. The Morgan fingerprint density at radius 1 is 0.333 bits per heavy atom. The van der Waals surface area contributed by atoms with Crippen molar-refractivity contribution in [3.63, 3.8) is 0 Å². The van der Waals surface area contributed by atoms with Crippen LogP contribution in [0.4, 0.5) is 0 Å². The molecule has 4 heterocycles. The third-order valence-corrected chi connectivity index (χ3v) is 9.25. The van der Waals surface area contributed by atoms with Crippen molar-refractivity contribution < 1.29 is 0 Å². The molecule has 0 aliphatic carbocycles. The maximum Gasteiger partial charge on any atom is 0.0985 e. The fourth-order valence-electron chi connectivity index (χ4n) is 7.40. The van der Waals surface area contributed by atoms with E-state index in [2.05, 4.69) is 172 Å². The van der Waals surface area contributed by atoms with E-state index in [1.165, 1.54) is 32.7 Å². The third-order valence-electron chi connectivity index (χ3n) is 9.25. The molecule has 0 atom stereocenters. The molecule has 0 radical (unpaired) electrons. The van der Waals surface area contributed by atoms with E-state index < -0.39 is 0 Å². The second kappa shape index (κ2) is 9.18. The molecule has 0 aliphatic rings. The minimum atomic E-state index is 1.00. The first-order valence-electron chi connectivity index (χ1n) is 15.3. The molecule has 0 bridgehead atoms. The molecule has 0 fully saturated rings. The summed E-state index contributed by atoms with van der Waals surface area (Å²) >= 11 is 0. The van der Waals surface area contributed by atoms with E-state index >= 15 is 0 Å². The van der Waals surface area contributed by atoms with Crippen LogP contribution in [0.2, 0.25) is 0 Å². The van der Waals surface area contributed by atoms with Gasteiger partial charge in [0.15, 0.2) is 0 Å². The molecule has 4 heteroatoms. The summed E-state index contributed by atoms with van der Waals surface area (Å²) in [7, 11) is 0. The lowest BCUT2D eigenvalue weighted by Crippen LogP contribution is -1.99. The molecule has 0 unspecified atom stereocenters. The van der Waals surface area contributed by atoms with Gasteiger partial charge in [-0.1, -0.05) is 91.0 Å². The first kappa shape index (κ1) is 24.3. The Kier molecular flexibility index (Phi) is 4.96. The second-order valence-electron chi connectivity index (χ2n) is 11.6. The van der Waals surface area contributed by atoms with Crippen molar-refractivity contribution in [2.45, 2.75) is 0 Å². The van der Waals surface area contributed by atoms with Crippen molar-refractivity contribution in [3.05, 3.63) is 158 Å². The van der Waals surface area contributed by atoms with Crippen molar-refractivity contribution >= 4 is 65.5 Å². The Bertz CT molecular complexity index is 2750. The minimum Gasteiger partial charge on any atom is -0.309 e. The number of rotatable bonds is 3. The van der Waals surface area contributed by atoms with E-state index in [9.17, 15) is 0 Å². The predicted molar refractivity (Wildman–Crippen MR) is 187 cm³/mol. The number of aromatic nitrogens is 4. The molecule has 0 spiro atoms. The molecule has 0 amide bonds. The number of hydrogen-bond donors (Lipinski definition) is 0. The van der Waals surface area contributed by atoms with Crippen LogP contribution < -0.4 is 0 Å². The molecule has 6 aromatic carbocycles. The van der Waals surface area contributed by atoms with Gasteiger partial charge in [-0.05, 0) is 60.7 Å². The van der Waals surface area contributed by atoms with Crippen molar-refractivity contribution in [3.8, 4) is 17.1 Å². The Morgan fingerprint density at radius 2 is 0.822 bits per heavy atom. The standard InChI is InChI=1S/C41H26N4/c1-3-13-27(14-4-1)43-35-20-10-7-17-30(35)33-25-29(23-24-38(33)43)45-37-22-12-9-19-32(37)39-41(45)40-34(26-42-39)31-18-8-11-21-36(31)44(40)28-15-5-2-6-16-28/h1-26H. The van der Waals surface area contributed by atoms with Crippen LogP contribution in [0, 0.1) is 0 Å². The Balaban J connectivity index is 1.38. The van der Waals surface area contributed by atoms with Gasteiger partial charge in [0.05, 0.1) is 38.6 Å². The minimum absolute atomic E-state index is 1.00. The van der Waals surface area contributed by atoms with E-state index in [1.807, 2.05) is 0 Å². The number of benzene rings is 6. The van der Waals surface area contributed by atoms with Crippen molar-refractivity contribution in [1.82, 2.24) is 18.7 Å². The van der Waals surface area contributed by atoms with E-state index in [0.717, 1.165) is 49.9 Å². The van der Waals surface area contributed by atoms with Gasteiger partial charge < -0.3 is 13.7 Å². The molecule has 0 aliphatic heterocycles. The van der Waals surface area contributed by atoms with Gasteiger partial charge in [0.25, 0.3) is 0 Å². The normalized spacial score (nSPS) is 12.0. The smallest absolute Gasteiger partial charge is 0.0985 e. The molecule has 10 aromatic rings. The Morgan fingerprint density at radius 3 is 1.51 bits per heavy atom. The summed E-state index contributed by atoms with van der Waals surface area (Å²) in [5.41, 5.74) is 11.4. The zero-order valence-corrected chi connectivity index (χ0v) is 24.3. The van der Waals surface area contributed by atoms with Crippen LogP contribution >= 0.6 is 0 Å². The molecule has 45 heavy (non-hydrogen) atoms. The van der Waals surface area contributed by atoms with Gasteiger partial charge in [0.1, 0.15) is 0 Å². The summed E-state index contributed by atoms with van der Waals surface area (Å²) in [4.78, 5) is 5.16. The zero-order valence-electron chi connectivity index (χ0n) is 24.3. The van der Waals surface area contributed by atoms with Gasteiger partial charge in [-0.25, -0.2) is 0 Å². The average Bonchev–Trinajstić information content (AvgIpc) is 3.74. The fraction of sp³-hybridized carbons (Fsp3) is 0. The van der Waals surface area contributed by atoms with Gasteiger partial charge in [0.2, 0.25) is 0 Å². The molecule has 0 saturated heterocycles. The summed E-state index contributed by atoms with van der Waals surface area (Å²) in [5, 5.41) is 5.95. The quantitative estimate of drug-likeness (QED) is 0.206. The second-order valence-corrected chi connectivity index (χ2v) is 11.6. The summed E-state index contributed by atoms with van der Waals surface area (Å²) in [6, 6.07) is 54.2. The molecule has 4 nitrogen and oxygen atoms in total. The van der Waals surface area contributed by atoms with Gasteiger partial charge in [0, 0.05) is 50.2 Å². The van der Waals surface area contributed by atoms with Crippen LogP contribution in [-0.4, -0.2) is 18.7 Å². The average molecular weight is 575 g/mol. The highest BCUT2D eigenvalue weighted by Gasteiger charge is 2.22. The number of nitrogens with zero attached hydrogens (tertiary/aromatic N) is 4. The summed E-state index contributed by atoms with van der Waals surface area (Å²) in [5.74, 6) is 0. The zero-order chi connectivity index (χ0) is 29.5. The lowest BCUT2D eigenvalue weighted by Gasteiger charge is -2.13. The monoisotopic (exact) mass is 574 g/mol. The van der Waals surface area contributed by atoms with Crippen LogP contribution in [0.1, 0.15) is 0 Å². The van der Waals surface area contributed by atoms with Crippen molar-refractivity contribution in [1.29, 1.82) is 0 Å². The summed E-state index contributed by atoms with van der Waals surface area (Å²) in [6.45, 7) is 0. The van der Waals surface area contributed by atoms with E-state index in [4.69, 9.17) is 4.98 Å². The topological polar surface area (TPSA) is 27.7 Å². The maximum atomic E-state index is 5.16. The number of para-hydroxylation sites is 5. The highest BCUT2D eigenvalue weighted by molar-refractivity contribution is 6.22. The highest BCUT2D eigenvalue weighted by Crippen LogP contribution is 2.41. The molecule has 10 rings (SSSR count). The van der Waals surface area contributed by atoms with Crippen LogP contribution in [-0.2, 0) is 0 Å². The number of pyridine rings is 1. The summed E-state index contributed by atoms with van der Waals surface area (Å²) in [6.07, 6.45) is 2.06.